The smallest absolute Gasteiger partial charge is 0.243 e. The van der Waals surface area contributed by atoms with Crippen LogP contribution in [0.15, 0.2) is 33.6 Å². The third-order valence-corrected chi connectivity index (χ3v) is 10.1. The van der Waals surface area contributed by atoms with Crippen molar-refractivity contribution in [1.29, 1.82) is 0 Å². The number of ether oxygens (including phenoxy) is 1. The fourth-order valence-electron chi connectivity index (χ4n) is 6.72. The number of piperidine rings is 1. The van der Waals surface area contributed by atoms with Gasteiger partial charge in [-0.3, -0.25) is 4.90 Å². The first-order valence-electron chi connectivity index (χ1n) is 13.4. The SMILES string of the molecule is CCC12C=C(c3nc(C)c(C)o3)n3c4c(c5cc(S(=O)(=O)NCCCOC)ccc53)CCN(CCC1)[C@H]42. The maximum absolute atomic E-state index is 13.1. The highest BCUT2D eigenvalue weighted by atomic mass is 32.2. The predicted octanol–water partition coefficient (Wildman–Crippen LogP) is 4.55. The van der Waals surface area contributed by atoms with E-state index in [9.17, 15) is 8.42 Å². The lowest BCUT2D eigenvalue weighted by Gasteiger charge is -2.53. The summed E-state index contributed by atoms with van der Waals surface area (Å²) in [6, 6.07) is 5.82. The van der Waals surface area contributed by atoms with Crippen LogP contribution in [0.3, 0.4) is 0 Å². The summed E-state index contributed by atoms with van der Waals surface area (Å²) in [6.45, 7) is 9.17. The molecule has 2 atom stereocenters. The van der Waals surface area contributed by atoms with Crippen LogP contribution < -0.4 is 4.72 Å². The van der Waals surface area contributed by atoms with E-state index in [4.69, 9.17) is 14.1 Å². The number of nitrogens with zero attached hydrogens (tertiary/aromatic N) is 3. The molecule has 8 nitrogen and oxygen atoms in total. The topological polar surface area (TPSA) is 89.6 Å². The Bertz CT molecular complexity index is 1480. The molecule has 2 aromatic heterocycles. The van der Waals surface area contributed by atoms with Gasteiger partial charge in [0.15, 0.2) is 0 Å². The van der Waals surface area contributed by atoms with E-state index < -0.39 is 10.0 Å². The molecule has 9 heteroatoms. The van der Waals surface area contributed by atoms with Gasteiger partial charge in [-0.1, -0.05) is 6.92 Å². The number of fused-ring (bicyclic) bond motifs is 3. The van der Waals surface area contributed by atoms with E-state index in [0.29, 0.717) is 30.4 Å². The standard InChI is InChI=1S/C28H36N4O4S/c1-5-28-11-6-13-31-14-10-21-22-16-20(37(33,34)29-12-7-15-35-4)8-9-23(22)32(25(21)26(28)31)24(17-28)27-30-18(2)19(3)36-27/h8-9,16-17,26,29H,5-7,10-15H2,1-4H3/t26-,28?/m1/s1. The van der Waals surface area contributed by atoms with Gasteiger partial charge >= 0.3 is 0 Å². The Morgan fingerprint density at radius 3 is 2.84 bits per heavy atom. The number of hydrogen-bond donors (Lipinski definition) is 1. The van der Waals surface area contributed by atoms with Gasteiger partial charge in [-0.2, -0.15) is 0 Å². The number of benzene rings is 1. The molecule has 198 valence electrons. The van der Waals surface area contributed by atoms with E-state index in [1.54, 1.807) is 13.2 Å². The van der Waals surface area contributed by atoms with Gasteiger partial charge in [0.1, 0.15) is 11.5 Å². The highest BCUT2D eigenvalue weighted by molar-refractivity contribution is 7.89. The zero-order valence-corrected chi connectivity index (χ0v) is 23.0. The largest absolute Gasteiger partial charge is 0.440 e. The van der Waals surface area contributed by atoms with Crippen molar-refractivity contribution in [2.24, 2.45) is 5.41 Å². The number of aryl methyl sites for hydroxylation is 2. The van der Waals surface area contributed by atoms with Crippen LogP contribution in [0.5, 0.6) is 0 Å². The number of sulfonamides is 1. The fraction of sp³-hybridized carbons (Fsp3) is 0.536. The molecule has 3 aliphatic heterocycles. The number of nitrogens with one attached hydrogen (secondary N) is 1. The Kier molecular flexibility index (Phi) is 6.10. The maximum atomic E-state index is 13.1. The van der Waals surface area contributed by atoms with E-state index >= 15 is 0 Å². The predicted molar refractivity (Wildman–Crippen MR) is 143 cm³/mol. The van der Waals surface area contributed by atoms with Crippen molar-refractivity contribution in [3.63, 3.8) is 0 Å². The van der Waals surface area contributed by atoms with Gasteiger partial charge in [-0.15, -0.1) is 0 Å². The van der Waals surface area contributed by atoms with Crippen LogP contribution in [0.4, 0.5) is 0 Å². The van der Waals surface area contributed by atoms with Crippen LogP contribution >= 0.6 is 0 Å². The summed E-state index contributed by atoms with van der Waals surface area (Å²) in [5.74, 6) is 1.47. The van der Waals surface area contributed by atoms with Crippen molar-refractivity contribution in [3.8, 4) is 0 Å². The van der Waals surface area contributed by atoms with E-state index in [-0.39, 0.29) is 11.5 Å². The minimum Gasteiger partial charge on any atom is -0.440 e. The van der Waals surface area contributed by atoms with Crippen molar-refractivity contribution >= 4 is 26.6 Å². The Hall–Kier alpha value is -2.46. The lowest BCUT2D eigenvalue weighted by atomic mass is 9.66. The molecule has 1 fully saturated rings. The second-order valence-electron chi connectivity index (χ2n) is 10.7. The van der Waals surface area contributed by atoms with Gasteiger partial charge in [0.25, 0.3) is 0 Å². The molecular formula is C28H36N4O4S. The molecular weight excluding hydrogens is 488 g/mol. The van der Waals surface area contributed by atoms with Gasteiger partial charge in [0.2, 0.25) is 15.9 Å². The first kappa shape index (κ1) is 24.9. The molecule has 0 amide bonds. The van der Waals surface area contributed by atoms with Crippen molar-refractivity contribution in [2.75, 3.05) is 33.4 Å². The summed E-state index contributed by atoms with van der Waals surface area (Å²) in [5.41, 5.74) is 5.45. The Morgan fingerprint density at radius 1 is 1.27 bits per heavy atom. The van der Waals surface area contributed by atoms with Gasteiger partial charge in [-0.25, -0.2) is 18.1 Å². The van der Waals surface area contributed by atoms with Crippen LogP contribution in [0.2, 0.25) is 0 Å². The molecule has 5 heterocycles. The minimum atomic E-state index is -3.62. The summed E-state index contributed by atoms with van der Waals surface area (Å²) in [7, 11) is -2.01. The van der Waals surface area contributed by atoms with Gasteiger partial charge < -0.3 is 13.7 Å². The zero-order valence-electron chi connectivity index (χ0n) is 22.1. The molecule has 0 spiro atoms. The van der Waals surface area contributed by atoms with E-state index in [2.05, 4.69) is 27.2 Å². The van der Waals surface area contributed by atoms with Crippen LogP contribution in [0.1, 0.15) is 67.3 Å². The van der Waals surface area contributed by atoms with Gasteiger partial charge in [0, 0.05) is 43.3 Å². The van der Waals surface area contributed by atoms with E-state index in [1.165, 1.54) is 17.7 Å². The number of rotatable bonds is 8. The highest BCUT2D eigenvalue weighted by Crippen LogP contribution is 2.57. The quantitative estimate of drug-likeness (QED) is 0.435. The molecule has 6 rings (SSSR count). The highest BCUT2D eigenvalue weighted by Gasteiger charge is 2.51. The summed E-state index contributed by atoms with van der Waals surface area (Å²) < 4.78 is 42.6. The first-order valence-corrected chi connectivity index (χ1v) is 14.9. The van der Waals surface area contributed by atoms with Crippen molar-refractivity contribution in [2.45, 2.75) is 63.8 Å². The molecule has 1 aromatic carbocycles. The second-order valence-corrected chi connectivity index (χ2v) is 12.5. The lowest BCUT2D eigenvalue weighted by Crippen LogP contribution is -2.50. The van der Waals surface area contributed by atoms with E-state index in [0.717, 1.165) is 60.4 Å². The molecule has 37 heavy (non-hydrogen) atoms. The van der Waals surface area contributed by atoms with Crippen molar-refractivity contribution in [3.05, 3.63) is 52.9 Å². The van der Waals surface area contributed by atoms with Gasteiger partial charge in [0.05, 0.1) is 22.1 Å². The molecule has 0 radical (unpaired) electrons. The monoisotopic (exact) mass is 524 g/mol. The maximum Gasteiger partial charge on any atom is 0.243 e. The molecule has 0 aliphatic carbocycles. The Balaban J connectivity index is 1.55. The molecule has 0 bridgehead atoms. The number of aromatic nitrogens is 2. The number of hydrogen-bond acceptors (Lipinski definition) is 6. The van der Waals surface area contributed by atoms with Crippen molar-refractivity contribution in [1.82, 2.24) is 19.2 Å². The Morgan fingerprint density at radius 2 is 2.11 bits per heavy atom. The average molecular weight is 525 g/mol. The minimum absolute atomic E-state index is 0.00121. The zero-order chi connectivity index (χ0) is 25.9. The van der Waals surface area contributed by atoms with Crippen LogP contribution in [0.25, 0.3) is 16.6 Å². The lowest BCUT2D eigenvalue weighted by molar-refractivity contribution is 0.0269. The van der Waals surface area contributed by atoms with Crippen LogP contribution in [-0.2, 0) is 21.2 Å². The van der Waals surface area contributed by atoms with Crippen LogP contribution in [0, 0.1) is 19.3 Å². The van der Waals surface area contributed by atoms with Crippen LogP contribution in [-0.4, -0.2) is 56.2 Å². The summed E-state index contributed by atoms with van der Waals surface area (Å²) in [6.07, 6.45) is 7.27. The van der Waals surface area contributed by atoms with Gasteiger partial charge in [-0.05, 0) is 82.3 Å². The molecule has 1 unspecified atom stereocenters. The molecule has 1 saturated heterocycles. The Labute approximate surface area is 218 Å². The third kappa shape index (κ3) is 3.81. The summed E-state index contributed by atoms with van der Waals surface area (Å²) in [5, 5.41) is 1.01. The average Bonchev–Trinajstić information content (AvgIpc) is 3.42. The fourth-order valence-corrected chi connectivity index (χ4v) is 7.82. The molecule has 3 aromatic rings. The van der Waals surface area contributed by atoms with Crippen molar-refractivity contribution < 1.29 is 17.6 Å². The molecule has 1 N–H and O–H groups in total. The third-order valence-electron chi connectivity index (χ3n) is 8.69. The van der Waals surface area contributed by atoms with E-state index in [1.807, 2.05) is 26.0 Å². The number of oxazole rings is 1. The first-order chi connectivity index (χ1) is 17.8. The molecule has 3 aliphatic rings. The second kappa shape index (κ2) is 9.08. The summed E-state index contributed by atoms with van der Waals surface area (Å²) >= 11 is 0. The number of methoxy groups -OCH3 is 1. The molecule has 0 saturated carbocycles. The normalized spacial score (nSPS) is 23.4. The summed E-state index contributed by atoms with van der Waals surface area (Å²) in [4.78, 5) is 7.75.